The van der Waals surface area contributed by atoms with Gasteiger partial charge < -0.3 is 9.72 Å². The molecule has 1 unspecified atom stereocenters. The molecule has 1 aromatic heterocycles. The van der Waals surface area contributed by atoms with Crippen LogP contribution in [0.2, 0.25) is 0 Å². The quantitative estimate of drug-likeness (QED) is 0.715. The number of halogens is 1. The van der Waals surface area contributed by atoms with Crippen LogP contribution in [0, 0.1) is 0 Å². The molecular formula is C11H10ClNO. The predicted molar refractivity (Wildman–Crippen MR) is 56.4 cm³/mol. The van der Waals surface area contributed by atoms with Gasteiger partial charge in [0.2, 0.25) is 0 Å². The topological polar surface area (TPSA) is 25.0 Å². The van der Waals surface area contributed by atoms with E-state index in [9.17, 15) is 0 Å². The number of aromatic amines is 1. The Kier molecular flexibility index (Phi) is 1.64. The number of hydrogen-bond donors (Lipinski definition) is 1. The molecule has 2 aromatic rings. The predicted octanol–water partition coefficient (Wildman–Crippen LogP) is 2.98. The van der Waals surface area contributed by atoms with Crippen molar-refractivity contribution in [2.24, 2.45) is 0 Å². The van der Waals surface area contributed by atoms with Crippen molar-refractivity contribution >= 4 is 22.5 Å². The zero-order valence-corrected chi connectivity index (χ0v) is 8.34. The van der Waals surface area contributed by atoms with Crippen LogP contribution < -0.4 is 0 Å². The van der Waals surface area contributed by atoms with Gasteiger partial charge in [-0.05, 0) is 29.1 Å². The van der Waals surface area contributed by atoms with Crippen LogP contribution in [0.25, 0.3) is 10.9 Å². The number of benzene rings is 1. The lowest BCUT2D eigenvalue weighted by molar-refractivity contribution is -0.0900. The van der Waals surface area contributed by atoms with Crippen molar-refractivity contribution < 1.29 is 4.74 Å². The smallest absolute Gasteiger partial charge is 0.169 e. The van der Waals surface area contributed by atoms with E-state index in [-0.39, 0.29) is 0 Å². The normalized spacial score (nSPS) is 26.4. The number of nitrogens with one attached hydrogen (secondary N) is 1. The summed E-state index contributed by atoms with van der Waals surface area (Å²) in [5, 5.41) is 0.615. The molecule has 0 bridgehead atoms. The number of aromatic nitrogens is 1. The standard InChI is InChI=1S/C11H10ClNO/c12-11(4-6-14-11)9-1-2-10-8(7-9)3-5-13-10/h1-3,5,7,13H,4,6H2. The Bertz CT molecular complexity index is 473. The van der Waals surface area contributed by atoms with Crippen LogP contribution in [-0.2, 0) is 9.80 Å². The second-order valence-corrected chi connectivity index (χ2v) is 4.22. The summed E-state index contributed by atoms with van der Waals surface area (Å²) in [4.78, 5) is 3.15. The highest BCUT2D eigenvalue weighted by atomic mass is 35.5. The summed E-state index contributed by atoms with van der Waals surface area (Å²) in [6.07, 6.45) is 2.82. The van der Waals surface area contributed by atoms with Gasteiger partial charge in [-0.3, -0.25) is 0 Å². The average Bonchev–Trinajstić information content (AvgIpc) is 2.60. The highest BCUT2D eigenvalue weighted by molar-refractivity contribution is 6.23. The van der Waals surface area contributed by atoms with Crippen molar-refractivity contribution in [1.29, 1.82) is 0 Å². The third-order valence-corrected chi connectivity index (χ3v) is 3.26. The molecule has 1 atom stereocenters. The van der Waals surface area contributed by atoms with Crippen LogP contribution in [0.15, 0.2) is 30.5 Å². The highest BCUT2D eigenvalue weighted by Gasteiger charge is 2.37. The van der Waals surface area contributed by atoms with Crippen LogP contribution in [0.4, 0.5) is 0 Å². The maximum absolute atomic E-state index is 6.27. The molecule has 0 spiro atoms. The first-order valence-electron chi connectivity index (χ1n) is 4.68. The molecule has 0 amide bonds. The van der Waals surface area contributed by atoms with Crippen molar-refractivity contribution in [2.45, 2.75) is 11.5 Å². The van der Waals surface area contributed by atoms with Crippen LogP contribution in [0.1, 0.15) is 12.0 Å². The molecule has 0 radical (unpaired) electrons. The number of ether oxygens (including phenoxy) is 1. The van der Waals surface area contributed by atoms with Gasteiger partial charge in [0.25, 0.3) is 0 Å². The van der Waals surface area contributed by atoms with Gasteiger partial charge in [0.1, 0.15) is 0 Å². The summed E-state index contributed by atoms with van der Waals surface area (Å²) in [6.45, 7) is 0.759. The van der Waals surface area contributed by atoms with Gasteiger partial charge in [-0.1, -0.05) is 17.7 Å². The summed E-state index contributed by atoms with van der Waals surface area (Å²) in [5.41, 5.74) is 2.19. The molecule has 3 heteroatoms. The first-order valence-corrected chi connectivity index (χ1v) is 5.06. The van der Waals surface area contributed by atoms with Crippen LogP contribution in [0.3, 0.4) is 0 Å². The number of alkyl halides is 1. The molecule has 2 nitrogen and oxygen atoms in total. The van der Waals surface area contributed by atoms with Crippen LogP contribution >= 0.6 is 11.6 Å². The molecule has 0 aliphatic carbocycles. The number of rotatable bonds is 1. The molecule has 1 aromatic carbocycles. The number of fused-ring (bicyclic) bond motifs is 1. The first kappa shape index (κ1) is 8.33. The maximum Gasteiger partial charge on any atom is 0.169 e. The van der Waals surface area contributed by atoms with Crippen LogP contribution in [-0.4, -0.2) is 11.6 Å². The number of hydrogen-bond acceptors (Lipinski definition) is 1. The summed E-state index contributed by atoms with van der Waals surface area (Å²) in [6, 6.07) is 8.18. The van der Waals surface area contributed by atoms with E-state index in [1.54, 1.807) is 0 Å². The van der Waals surface area contributed by atoms with Crippen molar-refractivity contribution in [2.75, 3.05) is 6.61 Å². The van der Waals surface area contributed by atoms with E-state index in [4.69, 9.17) is 16.3 Å². The van der Waals surface area contributed by atoms with E-state index in [0.717, 1.165) is 24.1 Å². The molecule has 1 N–H and O–H groups in total. The fourth-order valence-electron chi connectivity index (χ4n) is 1.79. The molecule has 2 heterocycles. The van der Waals surface area contributed by atoms with E-state index >= 15 is 0 Å². The molecule has 3 rings (SSSR count). The maximum atomic E-state index is 6.27. The molecule has 72 valence electrons. The van der Waals surface area contributed by atoms with Crippen molar-refractivity contribution in [3.63, 3.8) is 0 Å². The van der Waals surface area contributed by atoms with Crippen molar-refractivity contribution in [3.8, 4) is 0 Å². The Balaban J connectivity index is 2.13. The largest absolute Gasteiger partial charge is 0.361 e. The number of H-pyrrole nitrogens is 1. The zero-order chi connectivity index (χ0) is 9.60. The van der Waals surface area contributed by atoms with Crippen molar-refractivity contribution in [3.05, 3.63) is 36.0 Å². The van der Waals surface area contributed by atoms with Gasteiger partial charge in [-0.25, -0.2) is 0 Å². The van der Waals surface area contributed by atoms with E-state index in [1.807, 2.05) is 24.4 Å². The second kappa shape index (κ2) is 2.75. The monoisotopic (exact) mass is 207 g/mol. The fraction of sp³-hybridized carbons (Fsp3) is 0.273. The van der Waals surface area contributed by atoms with Gasteiger partial charge >= 0.3 is 0 Å². The molecule has 1 aliphatic heterocycles. The minimum atomic E-state index is -0.564. The van der Waals surface area contributed by atoms with Gasteiger partial charge in [-0.15, -0.1) is 0 Å². The Morgan fingerprint density at radius 1 is 1.36 bits per heavy atom. The SMILES string of the molecule is ClC1(c2ccc3[nH]ccc3c2)CCO1. The molecule has 0 saturated carbocycles. The lowest BCUT2D eigenvalue weighted by Crippen LogP contribution is -2.34. The molecule has 14 heavy (non-hydrogen) atoms. The fourth-order valence-corrected chi connectivity index (χ4v) is 2.07. The zero-order valence-electron chi connectivity index (χ0n) is 7.59. The minimum Gasteiger partial charge on any atom is -0.361 e. The summed E-state index contributed by atoms with van der Waals surface area (Å²) in [7, 11) is 0. The minimum absolute atomic E-state index is 0.564. The van der Waals surface area contributed by atoms with Gasteiger partial charge in [-0.2, -0.15) is 0 Å². The second-order valence-electron chi connectivity index (χ2n) is 3.61. The summed E-state index contributed by atoms with van der Waals surface area (Å²) in [5.74, 6) is 0. The van der Waals surface area contributed by atoms with Crippen LogP contribution in [0.5, 0.6) is 0 Å². The van der Waals surface area contributed by atoms with Crippen molar-refractivity contribution in [1.82, 2.24) is 4.98 Å². The average molecular weight is 208 g/mol. The van der Waals surface area contributed by atoms with Gasteiger partial charge in [0.15, 0.2) is 5.06 Å². The molecule has 1 aliphatic rings. The molecular weight excluding hydrogens is 198 g/mol. The Morgan fingerprint density at radius 2 is 2.21 bits per heavy atom. The third-order valence-electron chi connectivity index (χ3n) is 2.74. The van der Waals surface area contributed by atoms with Gasteiger partial charge in [0.05, 0.1) is 6.61 Å². The summed E-state index contributed by atoms with van der Waals surface area (Å²) >= 11 is 6.27. The lowest BCUT2D eigenvalue weighted by atomic mass is 10.0. The van der Waals surface area contributed by atoms with E-state index in [0.29, 0.717) is 0 Å². The van der Waals surface area contributed by atoms with E-state index in [2.05, 4.69) is 11.1 Å². The highest BCUT2D eigenvalue weighted by Crippen LogP contribution is 2.41. The van der Waals surface area contributed by atoms with E-state index in [1.165, 1.54) is 5.39 Å². The lowest BCUT2D eigenvalue weighted by Gasteiger charge is -2.36. The Labute approximate surface area is 86.8 Å². The third kappa shape index (κ3) is 1.08. The Morgan fingerprint density at radius 3 is 2.93 bits per heavy atom. The van der Waals surface area contributed by atoms with Gasteiger partial charge in [0, 0.05) is 18.1 Å². The molecule has 1 fully saturated rings. The first-order chi connectivity index (χ1) is 6.78. The Hall–Kier alpha value is -0.990. The summed E-state index contributed by atoms with van der Waals surface area (Å²) < 4.78 is 5.38. The van der Waals surface area contributed by atoms with E-state index < -0.39 is 5.06 Å². The molecule has 1 saturated heterocycles.